The van der Waals surface area contributed by atoms with Gasteiger partial charge in [-0.3, -0.25) is 0 Å². The molecule has 0 radical (unpaired) electrons. The Bertz CT molecular complexity index is 451. The maximum absolute atomic E-state index is 10.0. The van der Waals surface area contributed by atoms with Gasteiger partial charge in [0.1, 0.15) is 12.4 Å². The van der Waals surface area contributed by atoms with Crippen LogP contribution in [0.5, 0.6) is 5.75 Å². The van der Waals surface area contributed by atoms with Crippen LogP contribution >= 0.6 is 23.2 Å². The van der Waals surface area contributed by atoms with Crippen LogP contribution in [0.25, 0.3) is 0 Å². The third-order valence-electron chi connectivity index (χ3n) is 1.41. The molecule has 0 amide bonds. The van der Waals surface area contributed by atoms with Crippen LogP contribution in [0.2, 0.25) is 10.0 Å². The molecule has 0 spiro atoms. The second-order valence-electron chi connectivity index (χ2n) is 2.76. The van der Waals surface area contributed by atoms with E-state index in [0.29, 0.717) is 5.02 Å². The van der Waals surface area contributed by atoms with Gasteiger partial charge in [-0.2, -0.15) is 0 Å². The Morgan fingerprint density at radius 1 is 1.32 bits per heavy atom. The third kappa shape index (κ3) is 10.5. The van der Waals surface area contributed by atoms with Gasteiger partial charge in [-0.25, -0.2) is 0 Å². The molecule has 0 bridgehead atoms. The zero-order chi connectivity index (χ0) is 14.1. The minimum absolute atomic E-state index is 0. The standard InChI is InChI=1S/C8H6Cl2O3.C3H4O2.Zn/c9-5-1-2-7(6(10)3-5)13-4-8(11)12;1-2-3(4)5;/h1-3H,4H2,(H,11,12);2H,1H2,(H,4,5);/q;;+2/p-2. The maximum Gasteiger partial charge on any atom is 2.00 e. The number of carboxylic acid groups (broad SMARTS) is 2. The first-order chi connectivity index (χ1) is 8.36. The van der Waals surface area contributed by atoms with E-state index < -0.39 is 18.5 Å². The van der Waals surface area contributed by atoms with Crippen molar-refractivity contribution >= 4 is 35.1 Å². The summed E-state index contributed by atoms with van der Waals surface area (Å²) in [7, 11) is 0. The van der Waals surface area contributed by atoms with Crippen molar-refractivity contribution in [1.82, 2.24) is 0 Å². The zero-order valence-corrected chi connectivity index (χ0v) is 14.2. The van der Waals surface area contributed by atoms with Gasteiger partial charge in [-0.1, -0.05) is 29.8 Å². The van der Waals surface area contributed by atoms with Crippen LogP contribution in [0.4, 0.5) is 0 Å². The zero-order valence-electron chi connectivity index (χ0n) is 9.73. The number of benzene rings is 1. The Balaban J connectivity index is 0. The van der Waals surface area contributed by atoms with Crippen LogP contribution in [-0.2, 0) is 29.1 Å². The van der Waals surface area contributed by atoms with Gasteiger partial charge in [-0.15, -0.1) is 0 Å². The number of rotatable bonds is 4. The monoisotopic (exact) mass is 354 g/mol. The van der Waals surface area contributed by atoms with Crippen molar-refractivity contribution in [2.24, 2.45) is 0 Å². The minimum atomic E-state index is -1.30. The Kier molecular flexibility index (Phi) is 11.5. The molecule has 1 rings (SSSR count). The summed E-state index contributed by atoms with van der Waals surface area (Å²) in [6, 6.07) is 4.51. The van der Waals surface area contributed by atoms with Crippen LogP contribution in [0.3, 0.4) is 0 Å². The van der Waals surface area contributed by atoms with E-state index in [1.165, 1.54) is 12.1 Å². The predicted molar refractivity (Wildman–Crippen MR) is 62.2 cm³/mol. The Morgan fingerprint density at radius 3 is 2.21 bits per heavy atom. The molecule has 1 aromatic rings. The van der Waals surface area contributed by atoms with E-state index in [2.05, 4.69) is 6.58 Å². The van der Waals surface area contributed by atoms with Gasteiger partial charge >= 0.3 is 19.5 Å². The largest absolute Gasteiger partial charge is 2.00 e. The molecule has 0 saturated carbocycles. The van der Waals surface area contributed by atoms with Crippen LogP contribution in [-0.4, -0.2) is 18.5 Å². The molecule has 98 valence electrons. The summed E-state index contributed by atoms with van der Waals surface area (Å²) < 4.78 is 4.80. The summed E-state index contributed by atoms with van der Waals surface area (Å²) in [5.74, 6) is -2.26. The van der Waals surface area contributed by atoms with Gasteiger partial charge in [0.25, 0.3) is 0 Å². The molecule has 5 nitrogen and oxygen atoms in total. The summed E-state index contributed by atoms with van der Waals surface area (Å²) in [6.07, 6.45) is 0.722. The summed E-state index contributed by atoms with van der Waals surface area (Å²) in [6.45, 7) is 2.37. The number of ether oxygens (including phenoxy) is 1. The fraction of sp³-hybridized carbons (Fsp3) is 0.0909. The molecule has 19 heavy (non-hydrogen) atoms. The number of carbonyl (C=O) groups excluding carboxylic acids is 2. The van der Waals surface area contributed by atoms with Gasteiger partial charge in [-0.05, 0) is 24.3 Å². The van der Waals surface area contributed by atoms with E-state index in [9.17, 15) is 9.90 Å². The molecule has 0 aromatic heterocycles. The second-order valence-corrected chi connectivity index (χ2v) is 3.60. The maximum atomic E-state index is 10.0. The van der Waals surface area contributed by atoms with E-state index >= 15 is 0 Å². The molecule has 0 fully saturated rings. The van der Waals surface area contributed by atoms with Crippen molar-refractivity contribution < 1.29 is 44.0 Å². The van der Waals surface area contributed by atoms with Gasteiger partial charge in [0, 0.05) is 5.02 Å². The molecule has 1 aromatic carbocycles. The molecule has 0 atom stereocenters. The van der Waals surface area contributed by atoms with Crippen molar-refractivity contribution in [2.45, 2.75) is 0 Å². The van der Waals surface area contributed by atoms with Crippen LogP contribution in [0, 0.1) is 0 Å². The number of halogens is 2. The number of hydrogen-bond donors (Lipinski definition) is 0. The fourth-order valence-corrected chi connectivity index (χ4v) is 1.19. The van der Waals surface area contributed by atoms with Crippen molar-refractivity contribution in [3.8, 4) is 5.75 Å². The van der Waals surface area contributed by atoms with Crippen molar-refractivity contribution in [3.05, 3.63) is 40.9 Å². The molecule has 0 unspecified atom stereocenters. The summed E-state index contributed by atoms with van der Waals surface area (Å²) in [5.41, 5.74) is 0. The Hall–Kier alpha value is -1.10. The number of aliphatic carboxylic acids is 2. The normalized spacial score (nSPS) is 8.32. The van der Waals surface area contributed by atoms with E-state index in [1.807, 2.05) is 0 Å². The van der Waals surface area contributed by atoms with E-state index in [4.69, 9.17) is 37.8 Å². The minimum Gasteiger partial charge on any atom is -0.546 e. The van der Waals surface area contributed by atoms with Gasteiger partial charge in [0.2, 0.25) is 0 Å². The smallest absolute Gasteiger partial charge is 0.546 e. The molecule has 0 aliphatic heterocycles. The van der Waals surface area contributed by atoms with E-state index in [1.54, 1.807) is 6.07 Å². The van der Waals surface area contributed by atoms with Crippen LogP contribution in [0.1, 0.15) is 0 Å². The summed E-state index contributed by atoms with van der Waals surface area (Å²) >= 11 is 11.3. The van der Waals surface area contributed by atoms with Crippen LogP contribution in [0.15, 0.2) is 30.9 Å². The van der Waals surface area contributed by atoms with Gasteiger partial charge < -0.3 is 24.5 Å². The molecule has 8 heteroatoms. The number of carboxylic acids is 2. The molecule has 0 heterocycles. The predicted octanol–water partition coefficient (Wildman–Crippen LogP) is 0.0419. The quantitative estimate of drug-likeness (QED) is 0.561. The first kappa shape index (κ1) is 20.2. The molecule has 0 aliphatic carbocycles. The van der Waals surface area contributed by atoms with Gasteiger partial charge in [0.15, 0.2) is 0 Å². The molecular weight excluding hydrogens is 348 g/mol. The SMILES string of the molecule is C=CC(=O)[O-].O=C([O-])COc1ccc(Cl)cc1Cl.[Zn+2]. The number of carbonyl (C=O) groups is 2. The second kappa shape index (κ2) is 10.8. The third-order valence-corrected chi connectivity index (χ3v) is 1.94. The van der Waals surface area contributed by atoms with E-state index in [0.717, 1.165) is 6.08 Å². The Labute approximate surface area is 132 Å². The molecule has 0 N–H and O–H groups in total. The van der Waals surface area contributed by atoms with Crippen LogP contribution < -0.4 is 14.9 Å². The first-order valence-electron chi connectivity index (χ1n) is 4.48. The van der Waals surface area contributed by atoms with Gasteiger partial charge in [0.05, 0.1) is 17.0 Å². The van der Waals surface area contributed by atoms with Crippen molar-refractivity contribution in [2.75, 3.05) is 6.61 Å². The van der Waals surface area contributed by atoms with Crippen molar-refractivity contribution in [1.29, 1.82) is 0 Å². The summed E-state index contributed by atoms with van der Waals surface area (Å²) in [5, 5.41) is 19.9. The topological polar surface area (TPSA) is 89.5 Å². The molecule has 0 saturated heterocycles. The summed E-state index contributed by atoms with van der Waals surface area (Å²) in [4.78, 5) is 19.2. The Morgan fingerprint density at radius 2 is 1.84 bits per heavy atom. The number of hydrogen-bond acceptors (Lipinski definition) is 5. The molecular formula is C11H8Cl2O5Zn. The fourth-order valence-electron chi connectivity index (χ4n) is 0.729. The molecule has 0 aliphatic rings. The average molecular weight is 356 g/mol. The average Bonchev–Trinajstić information content (AvgIpc) is 2.28. The van der Waals surface area contributed by atoms with E-state index in [-0.39, 0.29) is 30.3 Å². The first-order valence-corrected chi connectivity index (χ1v) is 5.23. The van der Waals surface area contributed by atoms with Crippen molar-refractivity contribution in [3.63, 3.8) is 0 Å².